The molecule has 1 rings (SSSR count). The monoisotopic (exact) mass is 297 g/mol. The normalized spacial score (nSPS) is 10.3. The summed E-state index contributed by atoms with van der Waals surface area (Å²) >= 11 is 3.44. The van der Waals surface area contributed by atoms with Gasteiger partial charge in [-0.15, -0.1) is 0 Å². The Morgan fingerprint density at radius 1 is 1.29 bits per heavy atom. The highest BCUT2D eigenvalue weighted by molar-refractivity contribution is 9.10. The highest BCUT2D eigenvalue weighted by Gasteiger charge is 2.03. The van der Waals surface area contributed by atoms with Crippen LogP contribution in [0.15, 0.2) is 22.7 Å². The van der Waals surface area contributed by atoms with Crippen LogP contribution in [0.2, 0.25) is 0 Å². The summed E-state index contributed by atoms with van der Waals surface area (Å²) in [5.74, 6) is 0.114. The van der Waals surface area contributed by atoms with Crippen LogP contribution in [0.1, 0.15) is 44.6 Å². The van der Waals surface area contributed by atoms with Gasteiger partial charge in [0.25, 0.3) is 0 Å². The Kier molecular flexibility index (Phi) is 6.27. The molecule has 0 bridgehead atoms. The Balaban J connectivity index is 2.37. The van der Waals surface area contributed by atoms with Gasteiger partial charge < -0.3 is 5.32 Å². The molecule has 3 heteroatoms. The van der Waals surface area contributed by atoms with Gasteiger partial charge in [-0.3, -0.25) is 4.79 Å². The molecule has 0 aromatic heterocycles. The van der Waals surface area contributed by atoms with E-state index in [1.807, 2.05) is 25.1 Å². The van der Waals surface area contributed by atoms with Crippen molar-refractivity contribution in [2.24, 2.45) is 0 Å². The molecule has 1 N–H and O–H groups in total. The van der Waals surface area contributed by atoms with Crippen LogP contribution < -0.4 is 5.32 Å². The van der Waals surface area contributed by atoms with E-state index < -0.39 is 0 Å². The molecule has 0 aliphatic heterocycles. The molecule has 0 atom stereocenters. The van der Waals surface area contributed by atoms with E-state index >= 15 is 0 Å². The van der Waals surface area contributed by atoms with E-state index in [1.54, 1.807) is 0 Å². The average molecular weight is 298 g/mol. The van der Waals surface area contributed by atoms with Crippen molar-refractivity contribution in [2.75, 3.05) is 5.32 Å². The van der Waals surface area contributed by atoms with Gasteiger partial charge in [-0.1, -0.05) is 42.1 Å². The van der Waals surface area contributed by atoms with Gasteiger partial charge in [0.05, 0.1) is 0 Å². The van der Waals surface area contributed by atoms with Crippen LogP contribution in [0.5, 0.6) is 0 Å². The number of halogens is 1. The largest absolute Gasteiger partial charge is 0.326 e. The second kappa shape index (κ2) is 7.49. The molecule has 0 saturated heterocycles. The van der Waals surface area contributed by atoms with Crippen molar-refractivity contribution >= 4 is 27.5 Å². The van der Waals surface area contributed by atoms with Gasteiger partial charge in [-0.25, -0.2) is 0 Å². The molecule has 94 valence electrons. The highest BCUT2D eigenvalue weighted by Crippen LogP contribution is 2.20. The molecule has 1 amide bonds. The zero-order valence-electron chi connectivity index (χ0n) is 10.6. The first-order valence-corrected chi connectivity index (χ1v) is 6.98. The smallest absolute Gasteiger partial charge is 0.224 e. The lowest BCUT2D eigenvalue weighted by atomic mass is 10.1. The fourth-order valence-electron chi connectivity index (χ4n) is 1.66. The van der Waals surface area contributed by atoms with E-state index in [0.29, 0.717) is 6.42 Å². The standard InChI is InChI=1S/C14H20BrNO/c1-3-4-5-6-7-14(17)16-12-8-9-13(15)11(2)10-12/h8-10H,3-7H2,1-2H3,(H,16,17). The van der Waals surface area contributed by atoms with Crippen molar-refractivity contribution < 1.29 is 4.79 Å². The number of rotatable bonds is 6. The summed E-state index contributed by atoms with van der Waals surface area (Å²) in [5, 5.41) is 2.93. The minimum absolute atomic E-state index is 0.114. The first-order chi connectivity index (χ1) is 8.13. The zero-order valence-corrected chi connectivity index (χ0v) is 12.1. The van der Waals surface area contributed by atoms with Crippen LogP contribution in [0.4, 0.5) is 5.69 Å². The fourth-order valence-corrected chi connectivity index (χ4v) is 1.90. The van der Waals surface area contributed by atoms with Crippen LogP contribution in [0, 0.1) is 6.92 Å². The maximum Gasteiger partial charge on any atom is 0.224 e. The Hall–Kier alpha value is -0.830. The first-order valence-electron chi connectivity index (χ1n) is 6.19. The van der Waals surface area contributed by atoms with E-state index in [4.69, 9.17) is 0 Å². The van der Waals surface area contributed by atoms with Gasteiger partial charge >= 0.3 is 0 Å². The van der Waals surface area contributed by atoms with Crippen molar-refractivity contribution in [1.82, 2.24) is 0 Å². The molecule has 0 unspecified atom stereocenters. The van der Waals surface area contributed by atoms with E-state index in [9.17, 15) is 4.79 Å². The SMILES string of the molecule is CCCCCCC(=O)Nc1ccc(Br)c(C)c1. The third-order valence-electron chi connectivity index (χ3n) is 2.70. The van der Waals surface area contributed by atoms with Crippen LogP contribution in [0.25, 0.3) is 0 Å². The summed E-state index contributed by atoms with van der Waals surface area (Å²) in [4.78, 5) is 11.6. The average Bonchev–Trinajstić information content (AvgIpc) is 2.30. The number of amides is 1. The number of carbonyl (C=O) groups is 1. The fraction of sp³-hybridized carbons (Fsp3) is 0.500. The summed E-state index contributed by atoms with van der Waals surface area (Å²) in [6, 6.07) is 5.86. The minimum Gasteiger partial charge on any atom is -0.326 e. The summed E-state index contributed by atoms with van der Waals surface area (Å²) < 4.78 is 1.07. The zero-order chi connectivity index (χ0) is 12.7. The first kappa shape index (κ1) is 14.2. The number of unbranched alkanes of at least 4 members (excludes halogenated alkanes) is 3. The topological polar surface area (TPSA) is 29.1 Å². The number of hydrogen-bond donors (Lipinski definition) is 1. The third kappa shape index (κ3) is 5.35. The highest BCUT2D eigenvalue weighted by atomic mass is 79.9. The molecule has 2 nitrogen and oxygen atoms in total. The second-order valence-corrected chi connectivity index (χ2v) is 5.18. The molecule has 1 aromatic rings. The van der Waals surface area contributed by atoms with Gasteiger partial charge in [0.2, 0.25) is 5.91 Å². The number of hydrogen-bond acceptors (Lipinski definition) is 1. The number of carbonyl (C=O) groups excluding carboxylic acids is 1. The Labute approximate surface area is 112 Å². The molecular formula is C14H20BrNO. The summed E-state index contributed by atoms with van der Waals surface area (Å²) in [5.41, 5.74) is 2.01. The molecule has 0 aliphatic rings. The molecule has 0 fully saturated rings. The maximum atomic E-state index is 11.6. The number of anilines is 1. The lowest BCUT2D eigenvalue weighted by Gasteiger charge is -2.07. The Bertz CT molecular complexity index is 376. The van der Waals surface area contributed by atoms with E-state index in [1.165, 1.54) is 12.8 Å². The number of aryl methyl sites for hydroxylation is 1. The van der Waals surface area contributed by atoms with Crippen molar-refractivity contribution in [2.45, 2.75) is 46.0 Å². The van der Waals surface area contributed by atoms with Gasteiger partial charge in [0.1, 0.15) is 0 Å². The molecule has 0 aliphatic carbocycles. The molecule has 0 heterocycles. The Morgan fingerprint density at radius 3 is 2.71 bits per heavy atom. The van der Waals surface area contributed by atoms with E-state index in [2.05, 4.69) is 28.2 Å². The van der Waals surface area contributed by atoms with Crippen LogP contribution >= 0.6 is 15.9 Å². The minimum atomic E-state index is 0.114. The number of benzene rings is 1. The quantitative estimate of drug-likeness (QED) is 0.760. The summed E-state index contributed by atoms with van der Waals surface area (Å²) in [6.07, 6.45) is 5.16. The second-order valence-electron chi connectivity index (χ2n) is 4.32. The maximum absolute atomic E-state index is 11.6. The lowest BCUT2D eigenvalue weighted by Crippen LogP contribution is -2.11. The van der Waals surface area contributed by atoms with Crippen molar-refractivity contribution in [3.8, 4) is 0 Å². The molecule has 0 radical (unpaired) electrons. The predicted octanol–water partition coefficient (Wildman–Crippen LogP) is 4.67. The van der Waals surface area contributed by atoms with Crippen LogP contribution in [-0.2, 0) is 4.79 Å². The van der Waals surface area contributed by atoms with Gasteiger partial charge in [0.15, 0.2) is 0 Å². The van der Waals surface area contributed by atoms with E-state index in [0.717, 1.165) is 28.6 Å². The predicted molar refractivity (Wildman–Crippen MR) is 76.3 cm³/mol. The summed E-state index contributed by atoms with van der Waals surface area (Å²) in [7, 11) is 0. The van der Waals surface area contributed by atoms with E-state index in [-0.39, 0.29) is 5.91 Å². The van der Waals surface area contributed by atoms with Crippen LogP contribution in [0.3, 0.4) is 0 Å². The Morgan fingerprint density at radius 2 is 2.06 bits per heavy atom. The number of nitrogens with one attached hydrogen (secondary N) is 1. The van der Waals surface area contributed by atoms with Crippen molar-refractivity contribution in [1.29, 1.82) is 0 Å². The summed E-state index contributed by atoms with van der Waals surface area (Å²) in [6.45, 7) is 4.19. The van der Waals surface area contributed by atoms with Crippen molar-refractivity contribution in [3.05, 3.63) is 28.2 Å². The third-order valence-corrected chi connectivity index (χ3v) is 3.59. The van der Waals surface area contributed by atoms with Crippen molar-refractivity contribution in [3.63, 3.8) is 0 Å². The molecule has 17 heavy (non-hydrogen) atoms. The van der Waals surface area contributed by atoms with Gasteiger partial charge in [-0.05, 0) is 37.1 Å². The molecular weight excluding hydrogens is 278 g/mol. The van der Waals surface area contributed by atoms with Gasteiger partial charge in [-0.2, -0.15) is 0 Å². The van der Waals surface area contributed by atoms with Gasteiger partial charge in [0, 0.05) is 16.6 Å². The molecule has 0 spiro atoms. The molecule has 1 aromatic carbocycles. The molecule has 0 saturated carbocycles. The van der Waals surface area contributed by atoms with Crippen LogP contribution in [-0.4, -0.2) is 5.91 Å². The lowest BCUT2D eigenvalue weighted by molar-refractivity contribution is -0.116.